The summed E-state index contributed by atoms with van der Waals surface area (Å²) in [5.41, 5.74) is 36.2. The van der Waals surface area contributed by atoms with Crippen molar-refractivity contribution in [2.75, 3.05) is 0 Å². The number of rotatable bonds is 12. The Morgan fingerprint density at radius 1 is 0.280 bits per heavy atom. The van der Waals surface area contributed by atoms with Crippen molar-refractivity contribution < 1.29 is 0 Å². The smallest absolute Gasteiger partial charge is 0.242 e. The zero-order valence-corrected chi connectivity index (χ0v) is 50.8. The normalized spacial score (nSPS) is 12.1. The van der Waals surface area contributed by atoms with Crippen LogP contribution in [0.4, 0.5) is 0 Å². The highest BCUT2D eigenvalue weighted by molar-refractivity contribution is 6.97. The van der Waals surface area contributed by atoms with Gasteiger partial charge in [-0.05, 0) is 167 Å². The summed E-state index contributed by atoms with van der Waals surface area (Å²) < 4.78 is 4.94. The van der Waals surface area contributed by atoms with Gasteiger partial charge in [-0.15, -0.1) is 0 Å². The summed E-state index contributed by atoms with van der Waals surface area (Å²) in [6.45, 7) is 33.8. The summed E-state index contributed by atoms with van der Waals surface area (Å²) in [6, 6.07) is 70.9. The number of aryl methyl sites for hydroxylation is 14. The third-order valence-electron chi connectivity index (χ3n) is 18.2. The molecule has 2 aromatic heterocycles. The van der Waals surface area contributed by atoms with E-state index in [1.165, 1.54) is 177 Å². The van der Waals surface area contributed by atoms with Gasteiger partial charge in [-0.2, -0.15) is 0 Å². The van der Waals surface area contributed by atoms with Crippen molar-refractivity contribution in [2.24, 2.45) is 0 Å². The third kappa shape index (κ3) is 9.35. The number of hydrogen-bond donors (Lipinski definition) is 0. The van der Waals surface area contributed by atoms with Crippen LogP contribution in [0.1, 0.15) is 103 Å². The molecule has 404 valence electrons. The summed E-state index contributed by atoms with van der Waals surface area (Å²) in [5, 5.41) is 5.10. The van der Waals surface area contributed by atoms with Crippen molar-refractivity contribution >= 4 is 101 Å². The minimum atomic E-state index is 0.0547. The molecule has 0 saturated carbocycles. The molecule has 4 heteroatoms. The number of fused-ring (bicyclic) bond motifs is 6. The maximum Gasteiger partial charge on any atom is 0.242 e. The highest BCUT2D eigenvalue weighted by Crippen LogP contribution is 2.41. The van der Waals surface area contributed by atoms with Crippen LogP contribution in [0, 0.1) is 83.1 Å². The maximum absolute atomic E-state index is 2.49. The van der Waals surface area contributed by atoms with E-state index >= 15 is 0 Å². The molecule has 0 aliphatic heterocycles. The van der Waals surface area contributed by atoms with Crippen LogP contribution in [0.2, 0.25) is 0 Å². The first-order valence-corrected chi connectivity index (χ1v) is 29.8. The van der Waals surface area contributed by atoms with Crippen LogP contribution >= 0.6 is 0 Å². The van der Waals surface area contributed by atoms with Gasteiger partial charge in [0.1, 0.15) is 0 Å². The summed E-state index contributed by atoms with van der Waals surface area (Å²) in [7, 11) is 0. The summed E-state index contributed by atoms with van der Waals surface area (Å²) >= 11 is 0. The summed E-state index contributed by atoms with van der Waals surface area (Å²) in [4.78, 5) is 0. The highest BCUT2D eigenvalue weighted by atomic mass is 15.0. The van der Waals surface area contributed by atoms with Crippen LogP contribution in [0.5, 0.6) is 0 Å². The van der Waals surface area contributed by atoms with E-state index in [4.69, 9.17) is 0 Å². The molecule has 0 unspecified atom stereocenters. The number of benzene rings is 10. The van der Waals surface area contributed by atoms with E-state index < -0.39 is 0 Å². The highest BCUT2D eigenvalue weighted by Gasteiger charge is 2.31. The molecule has 12 aromatic rings. The van der Waals surface area contributed by atoms with Crippen molar-refractivity contribution in [3.63, 3.8) is 0 Å². The Morgan fingerprint density at radius 3 is 0.817 bits per heavy atom. The second-order valence-electron chi connectivity index (χ2n) is 24.1. The van der Waals surface area contributed by atoms with Crippen LogP contribution in [0.3, 0.4) is 0 Å². The number of para-hydroxylation sites is 2. The summed E-state index contributed by atoms with van der Waals surface area (Å²) in [6.07, 6.45) is 0. The first kappa shape index (κ1) is 54.3. The molecule has 0 bridgehead atoms. The summed E-state index contributed by atoms with van der Waals surface area (Å²) in [5.74, 6) is 0. The Labute approximate surface area is 488 Å². The van der Waals surface area contributed by atoms with Gasteiger partial charge in [-0.25, -0.2) is 0 Å². The average Bonchev–Trinajstić information content (AvgIpc) is 3.44. The number of hydrogen-bond acceptors (Lipinski definition) is 0. The van der Waals surface area contributed by atoms with Crippen molar-refractivity contribution in [1.82, 2.24) is 9.13 Å². The van der Waals surface area contributed by atoms with Gasteiger partial charge in [-0.1, -0.05) is 245 Å². The zero-order chi connectivity index (χ0) is 57.4. The first-order chi connectivity index (χ1) is 39.5. The van der Waals surface area contributed by atoms with Crippen LogP contribution in [0.15, 0.2) is 182 Å². The van der Waals surface area contributed by atoms with Crippen LogP contribution < -0.4 is 32.8 Å². The minimum Gasteiger partial charge on any atom is -0.341 e. The van der Waals surface area contributed by atoms with Gasteiger partial charge in [0.2, 0.25) is 13.4 Å². The Bertz CT molecular complexity index is 4040. The molecule has 0 atom stereocenters. The molecule has 0 amide bonds. The first-order valence-electron chi connectivity index (χ1n) is 29.8. The lowest BCUT2D eigenvalue weighted by Gasteiger charge is -2.25. The Balaban J connectivity index is 1.17. The second-order valence-corrected chi connectivity index (χ2v) is 24.1. The van der Waals surface area contributed by atoms with E-state index in [0.717, 1.165) is 13.1 Å². The molecule has 0 spiro atoms. The largest absolute Gasteiger partial charge is 0.341 e. The molecule has 0 radical (unpaired) electrons. The second kappa shape index (κ2) is 21.5. The Morgan fingerprint density at radius 2 is 0.537 bits per heavy atom. The lowest BCUT2D eigenvalue weighted by Crippen LogP contribution is -2.55. The lowest BCUT2D eigenvalue weighted by molar-refractivity contribution is 0.827. The van der Waals surface area contributed by atoms with Crippen LogP contribution in [-0.4, -0.2) is 22.6 Å². The molecule has 0 aliphatic carbocycles. The van der Waals surface area contributed by atoms with Gasteiger partial charge < -0.3 is 9.13 Å². The van der Waals surface area contributed by atoms with Gasteiger partial charge in [-0.3, -0.25) is 0 Å². The third-order valence-corrected chi connectivity index (χ3v) is 18.2. The Kier molecular flexibility index (Phi) is 14.2. The minimum absolute atomic E-state index is 0.0547. The fourth-order valence-electron chi connectivity index (χ4n) is 15.2. The standard InChI is InChI=1S/C78H76B2N2/c1-15-81-69-23-19-17-21-65(69)67-45-61(29-35-71(67)81)73(59-25-31-63(32-26-59)79(75-51(7)37-47(3)38-52(75)8)76-53(9)39-48(4)40-54(76)10)74(62-30-36-72-68(46-62)66-22-18-20-24-70(66)82(72)16-2)60-27-33-64(34-28-60)80(77-55(11)41-49(5)42-56(77)12)78-57(13)43-50(6)44-58(78)14/h17-46H,15-16H2,1-14H3/b74-73+. The molecule has 0 aliphatic rings. The van der Waals surface area contributed by atoms with E-state index in [9.17, 15) is 0 Å². The zero-order valence-electron chi connectivity index (χ0n) is 50.8. The van der Waals surface area contributed by atoms with E-state index in [-0.39, 0.29) is 13.4 Å². The number of aromatic nitrogens is 2. The van der Waals surface area contributed by atoms with Crippen molar-refractivity contribution in [3.8, 4) is 0 Å². The van der Waals surface area contributed by atoms with Crippen LogP contribution in [0.25, 0.3) is 54.8 Å². The molecular formula is C78H76B2N2. The molecule has 2 heterocycles. The molecule has 10 aromatic carbocycles. The van der Waals surface area contributed by atoms with E-state index in [1.54, 1.807) is 0 Å². The SMILES string of the molecule is CCn1c2ccccc2c2cc(/C(=C(\c3ccc(B(c4c(C)cc(C)cc4C)c4c(C)cc(C)cc4C)cc3)c3ccc4c(c3)c3ccccc3n4CC)c3ccc(B(c4c(C)cc(C)cc4C)c4c(C)cc(C)cc4C)cc3)ccc21. The average molecular weight is 1060 g/mol. The molecule has 82 heavy (non-hydrogen) atoms. The molecular weight excluding hydrogens is 986 g/mol. The fourth-order valence-corrected chi connectivity index (χ4v) is 15.2. The maximum atomic E-state index is 2.49. The van der Waals surface area contributed by atoms with Crippen LogP contribution in [-0.2, 0) is 13.1 Å². The Hall–Kier alpha value is -8.33. The van der Waals surface area contributed by atoms with Gasteiger partial charge in [0.05, 0.1) is 0 Å². The van der Waals surface area contributed by atoms with Crippen molar-refractivity contribution in [2.45, 2.75) is 110 Å². The topological polar surface area (TPSA) is 9.86 Å². The van der Waals surface area contributed by atoms with E-state index in [1.807, 2.05) is 0 Å². The van der Waals surface area contributed by atoms with E-state index in [2.05, 4.69) is 288 Å². The molecule has 0 N–H and O–H groups in total. The fraction of sp³-hybridized carbons (Fsp3) is 0.205. The monoisotopic (exact) mass is 1060 g/mol. The van der Waals surface area contributed by atoms with Crippen molar-refractivity contribution in [1.29, 1.82) is 0 Å². The van der Waals surface area contributed by atoms with Gasteiger partial charge in [0.15, 0.2) is 0 Å². The predicted molar refractivity (Wildman–Crippen MR) is 360 cm³/mol. The molecule has 2 nitrogen and oxygen atoms in total. The number of nitrogens with zero attached hydrogens (tertiary/aromatic N) is 2. The predicted octanol–water partition coefficient (Wildman–Crippen LogP) is 15.7. The van der Waals surface area contributed by atoms with E-state index in [0.29, 0.717) is 0 Å². The quantitative estimate of drug-likeness (QED) is 0.0852. The van der Waals surface area contributed by atoms with Gasteiger partial charge in [0, 0.05) is 56.7 Å². The van der Waals surface area contributed by atoms with Gasteiger partial charge in [0.25, 0.3) is 0 Å². The van der Waals surface area contributed by atoms with Gasteiger partial charge >= 0.3 is 0 Å². The molecule has 0 saturated heterocycles. The molecule has 12 rings (SSSR count). The lowest BCUT2D eigenvalue weighted by atomic mass is 9.34. The molecule has 0 fully saturated rings. The van der Waals surface area contributed by atoms with Crippen molar-refractivity contribution in [3.05, 3.63) is 271 Å².